The number of anilines is 1. The van der Waals surface area contributed by atoms with E-state index in [1.165, 1.54) is 0 Å². The molecule has 7 heteroatoms. The number of carbonyl (C=O) groups is 1. The van der Waals surface area contributed by atoms with Crippen LogP contribution in [0, 0.1) is 21.3 Å². The molecule has 0 aliphatic heterocycles. The molecule has 0 aromatic heterocycles. The number of nitrogen functional groups attached to an aromatic ring is 1. The maximum Gasteiger partial charge on any atom is 0.295 e. The normalized spacial score (nSPS) is 16.3. The van der Waals surface area contributed by atoms with E-state index in [0.29, 0.717) is 12.6 Å². The molecule has 0 bridgehead atoms. The van der Waals surface area contributed by atoms with E-state index in [4.69, 9.17) is 5.73 Å². The summed E-state index contributed by atoms with van der Waals surface area (Å²) >= 11 is 0. The number of rotatable bonds is 4. The summed E-state index contributed by atoms with van der Waals surface area (Å²) in [5, 5.41) is 13.4. The maximum absolute atomic E-state index is 13.3. The zero-order valence-corrected chi connectivity index (χ0v) is 11.1. The van der Waals surface area contributed by atoms with Gasteiger partial charge in [0.25, 0.3) is 11.6 Å². The number of benzene rings is 1. The van der Waals surface area contributed by atoms with Gasteiger partial charge < -0.3 is 11.1 Å². The van der Waals surface area contributed by atoms with Crippen LogP contribution in [0.5, 0.6) is 0 Å². The third-order valence-corrected chi connectivity index (χ3v) is 3.80. The average Bonchev–Trinajstić information content (AvgIpc) is 2.35. The van der Waals surface area contributed by atoms with E-state index in [1.807, 2.05) is 6.92 Å². The first kappa shape index (κ1) is 14.2. The number of nitrogens with zero attached hydrogens (tertiary/aromatic N) is 1. The van der Waals surface area contributed by atoms with Crippen LogP contribution in [0.3, 0.4) is 0 Å². The SMILES string of the molecule is CC1(CNC(=O)c2cc(F)cc([N+](=O)[O-])c2N)CCC1. The van der Waals surface area contributed by atoms with E-state index >= 15 is 0 Å². The first-order valence-electron chi connectivity index (χ1n) is 6.34. The number of hydrogen-bond donors (Lipinski definition) is 2. The van der Waals surface area contributed by atoms with Crippen molar-refractivity contribution in [2.45, 2.75) is 26.2 Å². The molecule has 0 radical (unpaired) electrons. The summed E-state index contributed by atoms with van der Waals surface area (Å²) in [5.74, 6) is -1.44. The van der Waals surface area contributed by atoms with Crippen LogP contribution in [0.15, 0.2) is 12.1 Å². The summed E-state index contributed by atoms with van der Waals surface area (Å²) < 4.78 is 13.3. The first-order chi connectivity index (χ1) is 9.32. The Morgan fingerprint density at radius 3 is 2.70 bits per heavy atom. The smallest absolute Gasteiger partial charge is 0.295 e. The van der Waals surface area contributed by atoms with Gasteiger partial charge in [-0.3, -0.25) is 14.9 Å². The topological polar surface area (TPSA) is 98.3 Å². The van der Waals surface area contributed by atoms with Gasteiger partial charge in [-0.05, 0) is 24.3 Å². The molecule has 2 rings (SSSR count). The molecule has 20 heavy (non-hydrogen) atoms. The number of hydrogen-bond acceptors (Lipinski definition) is 4. The minimum absolute atomic E-state index is 0.0592. The van der Waals surface area contributed by atoms with Crippen molar-refractivity contribution in [1.82, 2.24) is 5.32 Å². The molecule has 1 fully saturated rings. The second kappa shape index (κ2) is 5.07. The van der Waals surface area contributed by atoms with Crippen molar-refractivity contribution >= 4 is 17.3 Å². The molecule has 1 aliphatic carbocycles. The quantitative estimate of drug-likeness (QED) is 0.502. The molecule has 3 N–H and O–H groups in total. The lowest BCUT2D eigenvalue weighted by Crippen LogP contribution is -2.40. The Hall–Kier alpha value is -2.18. The van der Waals surface area contributed by atoms with Crippen molar-refractivity contribution in [1.29, 1.82) is 0 Å². The molecule has 1 aromatic rings. The lowest BCUT2D eigenvalue weighted by Gasteiger charge is -2.38. The molecule has 1 aromatic carbocycles. The summed E-state index contributed by atoms with van der Waals surface area (Å²) in [6, 6.07) is 1.63. The summed E-state index contributed by atoms with van der Waals surface area (Å²) in [6.45, 7) is 2.50. The number of amides is 1. The Bertz CT molecular complexity index is 570. The van der Waals surface area contributed by atoms with Gasteiger partial charge in [-0.15, -0.1) is 0 Å². The minimum atomic E-state index is -0.856. The standard InChI is InChI=1S/C13H16FN3O3/c1-13(3-2-4-13)7-16-12(18)9-5-8(14)6-10(11(9)15)17(19)20/h5-6H,2-4,7,15H2,1H3,(H,16,18). The number of nitrogens with one attached hydrogen (secondary N) is 1. The highest BCUT2D eigenvalue weighted by atomic mass is 19.1. The largest absolute Gasteiger partial charge is 0.393 e. The zero-order chi connectivity index (χ0) is 14.9. The van der Waals surface area contributed by atoms with E-state index in [0.717, 1.165) is 25.3 Å². The van der Waals surface area contributed by atoms with Crippen molar-refractivity contribution in [3.8, 4) is 0 Å². The lowest BCUT2D eigenvalue weighted by molar-refractivity contribution is -0.384. The third kappa shape index (κ3) is 2.71. The maximum atomic E-state index is 13.3. The zero-order valence-electron chi connectivity index (χ0n) is 11.1. The predicted octanol–water partition coefficient (Wildman–Crippen LogP) is 2.24. The number of nitro benzene ring substituents is 1. The van der Waals surface area contributed by atoms with Crippen LogP contribution in [-0.2, 0) is 0 Å². The van der Waals surface area contributed by atoms with E-state index in [2.05, 4.69) is 5.32 Å². The predicted molar refractivity (Wildman–Crippen MR) is 71.8 cm³/mol. The summed E-state index contributed by atoms with van der Waals surface area (Å²) in [6.07, 6.45) is 3.16. The van der Waals surface area contributed by atoms with Gasteiger partial charge in [0, 0.05) is 6.54 Å². The van der Waals surface area contributed by atoms with Crippen LogP contribution in [0.2, 0.25) is 0 Å². The Morgan fingerprint density at radius 1 is 1.55 bits per heavy atom. The average molecular weight is 281 g/mol. The van der Waals surface area contributed by atoms with Crippen LogP contribution < -0.4 is 11.1 Å². The van der Waals surface area contributed by atoms with Crippen LogP contribution in [-0.4, -0.2) is 17.4 Å². The van der Waals surface area contributed by atoms with Crippen molar-refractivity contribution in [3.63, 3.8) is 0 Å². The highest BCUT2D eigenvalue weighted by Gasteiger charge is 2.32. The van der Waals surface area contributed by atoms with Gasteiger partial charge in [0.15, 0.2) is 0 Å². The summed E-state index contributed by atoms with van der Waals surface area (Å²) in [7, 11) is 0. The van der Waals surface area contributed by atoms with Gasteiger partial charge in [-0.2, -0.15) is 0 Å². The molecule has 0 atom stereocenters. The Labute approximate surface area is 115 Å². The van der Waals surface area contributed by atoms with E-state index in [-0.39, 0.29) is 16.7 Å². The molecule has 1 saturated carbocycles. The van der Waals surface area contributed by atoms with E-state index in [9.17, 15) is 19.3 Å². The van der Waals surface area contributed by atoms with Crippen LogP contribution in [0.25, 0.3) is 0 Å². The van der Waals surface area contributed by atoms with Crippen molar-refractivity contribution < 1.29 is 14.1 Å². The number of nitro groups is 1. The summed E-state index contributed by atoms with van der Waals surface area (Å²) in [4.78, 5) is 21.9. The molecule has 1 aliphatic rings. The van der Waals surface area contributed by atoms with Gasteiger partial charge in [-0.1, -0.05) is 13.3 Å². The van der Waals surface area contributed by atoms with Crippen molar-refractivity contribution in [3.05, 3.63) is 33.6 Å². The highest BCUT2D eigenvalue weighted by molar-refractivity contribution is 6.01. The molecule has 0 heterocycles. The van der Waals surface area contributed by atoms with E-state index < -0.39 is 22.3 Å². The molecular weight excluding hydrogens is 265 g/mol. The molecule has 6 nitrogen and oxygen atoms in total. The fourth-order valence-corrected chi connectivity index (χ4v) is 2.29. The van der Waals surface area contributed by atoms with Gasteiger partial charge >= 0.3 is 0 Å². The minimum Gasteiger partial charge on any atom is -0.393 e. The van der Waals surface area contributed by atoms with Gasteiger partial charge in [0.05, 0.1) is 16.6 Å². The van der Waals surface area contributed by atoms with Crippen molar-refractivity contribution in [2.75, 3.05) is 12.3 Å². The van der Waals surface area contributed by atoms with Crippen LogP contribution >= 0.6 is 0 Å². The Kier molecular flexibility index (Phi) is 3.61. The van der Waals surface area contributed by atoms with E-state index in [1.54, 1.807) is 0 Å². The number of halogens is 1. The Morgan fingerprint density at radius 2 is 2.20 bits per heavy atom. The molecule has 0 saturated heterocycles. The first-order valence-corrected chi connectivity index (χ1v) is 6.34. The molecule has 108 valence electrons. The second-order valence-electron chi connectivity index (χ2n) is 5.49. The van der Waals surface area contributed by atoms with Crippen LogP contribution in [0.4, 0.5) is 15.8 Å². The fourth-order valence-electron chi connectivity index (χ4n) is 2.29. The second-order valence-corrected chi connectivity index (χ2v) is 5.49. The van der Waals surface area contributed by atoms with Gasteiger partial charge in [-0.25, -0.2) is 4.39 Å². The van der Waals surface area contributed by atoms with Crippen molar-refractivity contribution in [2.24, 2.45) is 5.41 Å². The highest BCUT2D eigenvalue weighted by Crippen LogP contribution is 2.39. The third-order valence-electron chi connectivity index (χ3n) is 3.80. The molecule has 0 unspecified atom stereocenters. The molecule has 0 spiro atoms. The lowest BCUT2D eigenvalue weighted by atomic mass is 9.70. The monoisotopic (exact) mass is 281 g/mol. The number of nitrogens with two attached hydrogens (primary N) is 1. The van der Waals surface area contributed by atoms with Gasteiger partial charge in [0.2, 0.25) is 0 Å². The Balaban J connectivity index is 2.19. The van der Waals surface area contributed by atoms with Crippen LogP contribution in [0.1, 0.15) is 36.5 Å². The fraction of sp³-hybridized carbons (Fsp3) is 0.462. The molecular formula is C13H16FN3O3. The molecule has 1 amide bonds. The summed E-state index contributed by atoms with van der Waals surface area (Å²) in [5.41, 5.74) is 4.53. The van der Waals surface area contributed by atoms with Gasteiger partial charge in [0.1, 0.15) is 11.5 Å². The number of carbonyl (C=O) groups excluding carboxylic acids is 1.